The molecule has 8 nitrogen and oxygen atoms in total. The minimum absolute atomic E-state index is 0.101. The number of ether oxygens (including phenoxy) is 1. The summed E-state index contributed by atoms with van der Waals surface area (Å²) < 4.78 is 21.3. The van der Waals surface area contributed by atoms with Crippen LogP contribution in [0, 0.1) is 0 Å². The number of nitrogens with zero attached hydrogens (tertiary/aromatic N) is 3. The van der Waals surface area contributed by atoms with Crippen molar-refractivity contribution in [3.63, 3.8) is 0 Å². The molecule has 0 aromatic carbocycles. The first-order valence-corrected chi connectivity index (χ1v) is 8.84. The van der Waals surface area contributed by atoms with Crippen molar-refractivity contribution in [2.45, 2.75) is 44.9 Å². The molecule has 1 aromatic heterocycles. The van der Waals surface area contributed by atoms with Gasteiger partial charge >= 0.3 is 8.25 Å². The van der Waals surface area contributed by atoms with Crippen LogP contribution in [-0.4, -0.2) is 33.8 Å². The summed E-state index contributed by atoms with van der Waals surface area (Å²) in [4.78, 5) is 19.0. The van der Waals surface area contributed by atoms with E-state index in [0.717, 1.165) is 31.2 Å². The number of nitrogen functional groups attached to an aromatic ring is 1. The Balaban J connectivity index is 2.13. The maximum absolute atomic E-state index is 10.7. The number of aromatic nitrogens is 2. The Labute approximate surface area is 136 Å². The van der Waals surface area contributed by atoms with Gasteiger partial charge in [0.15, 0.2) is 0 Å². The SMILES string of the molecule is C=CN(c1ncnc(N)c1CCC)C1CCC(CO[PH](=O)O)O1. The van der Waals surface area contributed by atoms with Crippen molar-refractivity contribution in [3.05, 3.63) is 24.7 Å². The fourth-order valence-electron chi connectivity index (χ4n) is 2.65. The zero-order valence-electron chi connectivity index (χ0n) is 13.1. The van der Waals surface area contributed by atoms with Crippen molar-refractivity contribution in [2.24, 2.45) is 0 Å². The topological polar surface area (TPSA) is 111 Å². The number of nitrogens with two attached hydrogens (primary N) is 1. The van der Waals surface area contributed by atoms with Gasteiger partial charge in [0.25, 0.3) is 0 Å². The summed E-state index contributed by atoms with van der Waals surface area (Å²) in [7, 11) is -2.94. The highest BCUT2D eigenvalue weighted by Gasteiger charge is 2.31. The lowest BCUT2D eigenvalue weighted by atomic mass is 10.1. The monoisotopic (exact) mass is 342 g/mol. The zero-order chi connectivity index (χ0) is 16.8. The summed E-state index contributed by atoms with van der Waals surface area (Å²) >= 11 is 0. The van der Waals surface area contributed by atoms with E-state index in [-0.39, 0.29) is 18.9 Å². The fourth-order valence-corrected chi connectivity index (χ4v) is 2.98. The van der Waals surface area contributed by atoms with Crippen LogP contribution in [0.15, 0.2) is 19.1 Å². The lowest BCUT2D eigenvalue weighted by Crippen LogP contribution is -2.33. The van der Waals surface area contributed by atoms with Crippen LogP contribution in [0.1, 0.15) is 31.7 Å². The minimum Gasteiger partial charge on any atom is -0.383 e. The second kappa shape index (κ2) is 8.40. The van der Waals surface area contributed by atoms with E-state index in [0.29, 0.717) is 11.6 Å². The maximum atomic E-state index is 10.7. The van der Waals surface area contributed by atoms with Crippen molar-refractivity contribution in [2.75, 3.05) is 17.2 Å². The van der Waals surface area contributed by atoms with Crippen molar-refractivity contribution in [3.8, 4) is 0 Å². The molecule has 1 fully saturated rings. The number of rotatable bonds is 8. The summed E-state index contributed by atoms with van der Waals surface area (Å²) in [6.45, 7) is 6.00. The van der Waals surface area contributed by atoms with Gasteiger partial charge in [0, 0.05) is 11.8 Å². The average molecular weight is 342 g/mol. The van der Waals surface area contributed by atoms with E-state index in [9.17, 15) is 4.57 Å². The van der Waals surface area contributed by atoms with Gasteiger partial charge in [-0.25, -0.2) is 9.97 Å². The third kappa shape index (κ3) is 4.51. The summed E-state index contributed by atoms with van der Waals surface area (Å²) in [5.74, 6) is 1.15. The molecule has 3 N–H and O–H groups in total. The maximum Gasteiger partial charge on any atom is 0.316 e. The van der Waals surface area contributed by atoms with E-state index < -0.39 is 8.25 Å². The van der Waals surface area contributed by atoms with Crippen molar-refractivity contribution in [1.29, 1.82) is 0 Å². The van der Waals surface area contributed by atoms with Crippen LogP contribution in [0.3, 0.4) is 0 Å². The molecule has 1 aliphatic heterocycles. The second-order valence-corrected chi connectivity index (χ2v) is 6.09. The Kier molecular flexibility index (Phi) is 6.53. The van der Waals surface area contributed by atoms with Gasteiger partial charge in [-0.2, -0.15) is 0 Å². The average Bonchev–Trinajstić information content (AvgIpc) is 2.98. The second-order valence-electron chi connectivity index (χ2n) is 5.27. The quantitative estimate of drug-likeness (QED) is 0.689. The summed E-state index contributed by atoms with van der Waals surface area (Å²) in [5.41, 5.74) is 6.85. The van der Waals surface area contributed by atoms with Crippen molar-refractivity contribution in [1.82, 2.24) is 9.97 Å². The van der Waals surface area contributed by atoms with Gasteiger partial charge in [-0.15, -0.1) is 0 Å². The lowest BCUT2D eigenvalue weighted by Gasteiger charge is -2.28. The summed E-state index contributed by atoms with van der Waals surface area (Å²) in [6, 6.07) is 0. The van der Waals surface area contributed by atoms with E-state index in [1.54, 1.807) is 6.20 Å². The van der Waals surface area contributed by atoms with Crippen LogP contribution in [-0.2, 0) is 20.2 Å². The molecule has 0 bridgehead atoms. The molecule has 1 aliphatic rings. The molecule has 128 valence electrons. The molecule has 2 heterocycles. The van der Waals surface area contributed by atoms with Crippen LogP contribution in [0.2, 0.25) is 0 Å². The molecule has 0 aliphatic carbocycles. The molecule has 0 spiro atoms. The molecular formula is C14H23N4O4P. The van der Waals surface area contributed by atoms with Gasteiger partial charge in [0.2, 0.25) is 0 Å². The molecule has 23 heavy (non-hydrogen) atoms. The van der Waals surface area contributed by atoms with Gasteiger partial charge in [-0.05, 0) is 19.3 Å². The molecule has 3 unspecified atom stereocenters. The first-order chi connectivity index (χ1) is 11.1. The third-order valence-corrected chi connectivity index (χ3v) is 4.10. The highest BCUT2D eigenvalue weighted by Crippen LogP contribution is 2.31. The molecule has 9 heteroatoms. The van der Waals surface area contributed by atoms with Crippen LogP contribution in [0.4, 0.5) is 11.6 Å². The Morgan fingerprint density at radius 1 is 1.61 bits per heavy atom. The van der Waals surface area contributed by atoms with Gasteiger partial charge in [-0.1, -0.05) is 19.9 Å². The standard InChI is InChI=1S/C14H23N4O4P/c1-3-5-11-13(15)16-9-17-14(11)18(4-2)12-7-6-10(22-12)8-21-23(19)20/h4,9-10,12,23H,2-3,5-8H2,1H3,(H,19,20)(H2,15,16,17). The lowest BCUT2D eigenvalue weighted by molar-refractivity contribution is 0.0197. The molecule has 1 aromatic rings. The number of hydrogen-bond donors (Lipinski definition) is 2. The van der Waals surface area contributed by atoms with Crippen molar-refractivity contribution < 1.29 is 18.7 Å². The Morgan fingerprint density at radius 3 is 3.04 bits per heavy atom. The van der Waals surface area contributed by atoms with Crippen LogP contribution in [0.5, 0.6) is 0 Å². The molecule has 3 atom stereocenters. The first kappa shape index (κ1) is 17.9. The van der Waals surface area contributed by atoms with E-state index in [2.05, 4.69) is 23.5 Å². The Morgan fingerprint density at radius 2 is 2.39 bits per heavy atom. The zero-order valence-corrected chi connectivity index (χ0v) is 14.1. The minimum atomic E-state index is -2.94. The molecule has 2 rings (SSSR count). The first-order valence-electron chi connectivity index (χ1n) is 7.58. The van der Waals surface area contributed by atoms with Gasteiger partial charge in [0.1, 0.15) is 24.2 Å². The number of hydrogen-bond acceptors (Lipinski definition) is 7. The molecule has 0 amide bonds. The molecule has 1 saturated heterocycles. The van der Waals surface area contributed by atoms with Crippen LogP contribution in [0.25, 0.3) is 0 Å². The normalized spacial score (nSPS) is 22.0. The Hall–Kier alpha value is -1.47. The predicted octanol–water partition coefficient (Wildman–Crippen LogP) is 1.86. The van der Waals surface area contributed by atoms with E-state index in [4.69, 9.17) is 19.9 Å². The summed E-state index contributed by atoms with van der Waals surface area (Å²) in [5, 5.41) is 0. The largest absolute Gasteiger partial charge is 0.383 e. The van der Waals surface area contributed by atoms with Crippen LogP contribution < -0.4 is 10.6 Å². The smallest absolute Gasteiger partial charge is 0.316 e. The van der Waals surface area contributed by atoms with E-state index in [1.165, 1.54) is 6.33 Å². The van der Waals surface area contributed by atoms with Crippen LogP contribution >= 0.6 is 8.25 Å². The highest BCUT2D eigenvalue weighted by molar-refractivity contribution is 7.32. The van der Waals surface area contributed by atoms with E-state index in [1.807, 2.05) is 4.90 Å². The number of anilines is 2. The van der Waals surface area contributed by atoms with Gasteiger partial charge < -0.3 is 24.8 Å². The molecule has 0 saturated carbocycles. The fraction of sp³-hybridized carbons (Fsp3) is 0.571. The highest BCUT2D eigenvalue weighted by atomic mass is 31.1. The summed E-state index contributed by atoms with van der Waals surface area (Å²) in [6.07, 6.45) is 5.75. The molecular weight excluding hydrogens is 319 g/mol. The molecule has 0 radical (unpaired) electrons. The van der Waals surface area contributed by atoms with Gasteiger partial charge in [0.05, 0.1) is 12.7 Å². The van der Waals surface area contributed by atoms with E-state index >= 15 is 0 Å². The third-order valence-electron chi connectivity index (χ3n) is 3.69. The van der Waals surface area contributed by atoms with Gasteiger partial charge in [-0.3, -0.25) is 4.57 Å². The van der Waals surface area contributed by atoms with Crippen molar-refractivity contribution >= 4 is 19.9 Å². The predicted molar refractivity (Wildman–Crippen MR) is 88.2 cm³/mol. The Bertz CT molecular complexity index is 572.